The lowest BCUT2D eigenvalue weighted by molar-refractivity contribution is 0.341. The van der Waals surface area contributed by atoms with Gasteiger partial charge in [0.2, 0.25) is 0 Å². The van der Waals surface area contributed by atoms with Gasteiger partial charge in [0.1, 0.15) is 0 Å². The van der Waals surface area contributed by atoms with E-state index in [0.717, 1.165) is 12.2 Å². The SMILES string of the molecule is Cc1cn[nH]c1C1=CN(C(C)C)CC=C1. The highest BCUT2D eigenvalue weighted by atomic mass is 15.1. The molecule has 2 rings (SSSR count). The third-order valence-electron chi connectivity index (χ3n) is 2.70. The van der Waals surface area contributed by atoms with Gasteiger partial charge in [0.25, 0.3) is 0 Å². The quantitative estimate of drug-likeness (QED) is 0.800. The van der Waals surface area contributed by atoms with Crippen LogP contribution in [0.5, 0.6) is 0 Å². The Hall–Kier alpha value is -1.51. The summed E-state index contributed by atoms with van der Waals surface area (Å²) in [4.78, 5) is 2.32. The molecule has 1 aliphatic rings. The molecule has 1 N–H and O–H groups in total. The fourth-order valence-corrected chi connectivity index (χ4v) is 1.72. The molecule has 0 saturated heterocycles. The second kappa shape index (κ2) is 3.93. The van der Waals surface area contributed by atoms with E-state index >= 15 is 0 Å². The number of nitrogens with one attached hydrogen (secondary N) is 1. The Morgan fingerprint density at radius 3 is 2.87 bits per heavy atom. The van der Waals surface area contributed by atoms with Crippen LogP contribution in [0.4, 0.5) is 0 Å². The van der Waals surface area contributed by atoms with Crippen LogP contribution >= 0.6 is 0 Å². The van der Waals surface area contributed by atoms with Gasteiger partial charge < -0.3 is 4.90 Å². The van der Waals surface area contributed by atoms with Crippen molar-refractivity contribution in [3.63, 3.8) is 0 Å². The van der Waals surface area contributed by atoms with Gasteiger partial charge in [0, 0.05) is 24.4 Å². The fourth-order valence-electron chi connectivity index (χ4n) is 1.72. The zero-order valence-electron chi connectivity index (χ0n) is 9.49. The number of allylic oxidation sites excluding steroid dienone is 2. The number of aryl methyl sites for hydroxylation is 1. The molecular weight excluding hydrogens is 186 g/mol. The number of aromatic nitrogens is 2. The second-order valence-corrected chi connectivity index (χ2v) is 4.21. The van der Waals surface area contributed by atoms with Gasteiger partial charge in [-0.2, -0.15) is 5.10 Å². The minimum Gasteiger partial charge on any atom is -0.371 e. The topological polar surface area (TPSA) is 31.9 Å². The molecule has 0 saturated carbocycles. The minimum atomic E-state index is 0.535. The van der Waals surface area contributed by atoms with Crippen molar-refractivity contribution in [1.29, 1.82) is 0 Å². The van der Waals surface area contributed by atoms with Crippen LogP contribution in [0.2, 0.25) is 0 Å². The van der Waals surface area contributed by atoms with Crippen molar-refractivity contribution in [2.75, 3.05) is 6.54 Å². The Bertz CT molecular complexity index is 399. The first-order valence-corrected chi connectivity index (χ1v) is 5.33. The van der Waals surface area contributed by atoms with Gasteiger partial charge in [-0.3, -0.25) is 5.10 Å². The van der Waals surface area contributed by atoms with Crippen molar-refractivity contribution in [2.24, 2.45) is 0 Å². The van der Waals surface area contributed by atoms with Gasteiger partial charge in [0.05, 0.1) is 11.9 Å². The van der Waals surface area contributed by atoms with Crippen molar-refractivity contribution in [3.8, 4) is 0 Å². The number of aromatic amines is 1. The molecule has 15 heavy (non-hydrogen) atoms. The predicted molar refractivity (Wildman–Crippen MR) is 62.3 cm³/mol. The Labute approximate surface area is 90.5 Å². The molecule has 0 fully saturated rings. The van der Waals surface area contributed by atoms with E-state index in [0.29, 0.717) is 6.04 Å². The maximum Gasteiger partial charge on any atom is 0.0693 e. The molecule has 3 heteroatoms. The first kappa shape index (κ1) is 10.0. The van der Waals surface area contributed by atoms with Crippen LogP contribution in [0.15, 0.2) is 24.5 Å². The molecule has 2 heterocycles. The van der Waals surface area contributed by atoms with Crippen molar-refractivity contribution in [1.82, 2.24) is 15.1 Å². The van der Waals surface area contributed by atoms with Gasteiger partial charge >= 0.3 is 0 Å². The summed E-state index contributed by atoms with van der Waals surface area (Å²) in [6.45, 7) is 7.47. The van der Waals surface area contributed by atoms with Crippen molar-refractivity contribution >= 4 is 5.57 Å². The highest BCUT2D eigenvalue weighted by molar-refractivity contribution is 5.73. The molecule has 1 aliphatic heterocycles. The third-order valence-corrected chi connectivity index (χ3v) is 2.70. The molecule has 0 radical (unpaired) electrons. The largest absolute Gasteiger partial charge is 0.371 e. The lowest BCUT2D eigenvalue weighted by Crippen LogP contribution is -2.27. The highest BCUT2D eigenvalue weighted by Crippen LogP contribution is 2.21. The van der Waals surface area contributed by atoms with Crippen molar-refractivity contribution in [3.05, 3.63) is 35.8 Å². The van der Waals surface area contributed by atoms with Crippen LogP contribution in [0.25, 0.3) is 5.57 Å². The normalized spacial score (nSPS) is 16.0. The summed E-state index contributed by atoms with van der Waals surface area (Å²) in [7, 11) is 0. The minimum absolute atomic E-state index is 0.535. The van der Waals surface area contributed by atoms with E-state index in [9.17, 15) is 0 Å². The Balaban J connectivity index is 2.30. The number of hydrogen-bond acceptors (Lipinski definition) is 2. The maximum absolute atomic E-state index is 4.05. The standard InChI is InChI=1S/C12H17N3/c1-9(2)15-6-4-5-11(8-15)12-10(3)7-13-14-12/h4-5,7-9H,6H2,1-3H3,(H,13,14). The molecule has 1 aromatic heterocycles. The van der Waals surface area contributed by atoms with Crippen LogP contribution in [0, 0.1) is 6.92 Å². The summed E-state index contributed by atoms with van der Waals surface area (Å²) in [6, 6.07) is 0.535. The number of H-pyrrole nitrogens is 1. The first-order valence-electron chi connectivity index (χ1n) is 5.33. The molecule has 0 spiro atoms. The predicted octanol–water partition coefficient (Wildman–Crippen LogP) is 2.34. The molecule has 0 bridgehead atoms. The van der Waals surface area contributed by atoms with E-state index in [2.05, 4.69) is 54.2 Å². The molecule has 0 atom stereocenters. The third kappa shape index (κ3) is 1.96. The first-order chi connectivity index (χ1) is 7.18. The molecule has 3 nitrogen and oxygen atoms in total. The van der Waals surface area contributed by atoms with Gasteiger partial charge in [-0.05, 0) is 26.3 Å². The number of hydrogen-bond donors (Lipinski definition) is 1. The van der Waals surface area contributed by atoms with Crippen molar-refractivity contribution in [2.45, 2.75) is 26.8 Å². The summed E-state index contributed by atoms with van der Waals surface area (Å²) in [5.41, 5.74) is 3.53. The molecular formula is C12H17N3. The van der Waals surface area contributed by atoms with Crippen LogP contribution in [-0.4, -0.2) is 27.7 Å². The Kier molecular flexibility index (Phi) is 2.62. The fraction of sp³-hybridized carbons (Fsp3) is 0.417. The number of rotatable bonds is 2. The van der Waals surface area contributed by atoms with Gasteiger partial charge in [-0.1, -0.05) is 12.2 Å². The lowest BCUT2D eigenvalue weighted by Gasteiger charge is -2.27. The smallest absolute Gasteiger partial charge is 0.0693 e. The summed E-state index contributed by atoms with van der Waals surface area (Å²) in [5, 5.41) is 7.09. The van der Waals surface area contributed by atoms with Crippen LogP contribution in [0.3, 0.4) is 0 Å². The van der Waals surface area contributed by atoms with Crippen molar-refractivity contribution < 1.29 is 0 Å². The van der Waals surface area contributed by atoms with Crippen LogP contribution < -0.4 is 0 Å². The van der Waals surface area contributed by atoms with Crippen LogP contribution in [0.1, 0.15) is 25.1 Å². The lowest BCUT2D eigenvalue weighted by atomic mass is 10.1. The summed E-state index contributed by atoms with van der Waals surface area (Å²) < 4.78 is 0. The summed E-state index contributed by atoms with van der Waals surface area (Å²) in [5.74, 6) is 0. The van der Waals surface area contributed by atoms with Gasteiger partial charge in [-0.25, -0.2) is 0 Å². The zero-order valence-corrected chi connectivity index (χ0v) is 9.49. The van der Waals surface area contributed by atoms with E-state index in [-0.39, 0.29) is 0 Å². The molecule has 1 aromatic rings. The van der Waals surface area contributed by atoms with Crippen LogP contribution in [-0.2, 0) is 0 Å². The summed E-state index contributed by atoms with van der Waals surface area (Å²) >= 11 is 0. The molecule has 0 aliphatic carbocycles. The van der Waals surface area contributed by atoms with Gasteiger partial charge in [0.15, 0.2) is 0 Å². The Morgan fingerprint density at radius 1 is 1.47 bits per heavy atom. The molecule has 0 aromatic carbocycles. The molecule has 80 valence electrons. The molecule has 0 unspecified atom stereocenters. The monoisotopic (exact) mass is 203 g/mol. The zero-order chi connectivity index (χ0) is 10.8. The van der Waals surface area contributed by atoms with E-state index < -0.39 is 0 Å². The maximum atomic E-state index is 4.05. The van der Waals surface area contributed by atoms with E-state index in [4.69, 9.17) is 0 Å². The summed E-state index contributed by atoms with van der Waals surface area (Å²) in [6.07, 6.45) is 8.40. The highest BCUT2D eigenvalue weighted by Gasteiger charge is 2.11. The average molecular weight is 203 g/mol. The molecule has 0 amide bonds. The van der Waals surface area contributed by atoms with E-state index in [1.54, 1.807) is 0 Å². The van der Waals surface area contributed by atoms with E-state index in [1.807, 2.05) is 6.20 Å². The number of nitrogens with zero attached hydrogens (tertiary/aromatic N) is 2. The average Bonchev–Trinajstić information content (AvgIpc) is 2.64. The van der Waals surface area contributed by atoms with E-state index in [1.165, 1.54) is 11.1 Å². The second-order valence-electron chi connectivity index (χ2n) is 4.21. The van der Waals surface area contributed by atoms with Gasteiger partial charge in [-0.15, -0.1) is 0 Å². The Morgan fingerprint density at radius 2 is 2.27 bits per heavy atom.